The molecule has 0 radical (unpaired) electrons. The molecule has 0 aliphatic heterocycles. The zero-order valence-corrected chi connectivity index (χ0v) is 11.4. The van der Waals surface area contributed by atoms with Crippen LogP contribution in [0.5, 0.6) is 0 Å². The summed E-state index contributed by atoms with van der Waals surface area (Å²) in [6.45, 7) is 2.87. The highest BCUT2D eigenvalue weighted by molar-refractivity contribution is 6.31. The van der Waals surface area contributed by atoms with Crippen LogP contribution in [0.2, 0.25) is 5.02 Å². The van der Waals surface area contributed by atoms with E-state index in [4.69, 9.17) is 11.6 Å². The zero-order valence-electron chi connectivity index (χ0n) is 10.7. The maximum absolute atomic E-state index is 13.2. The van der Waals surface area contributed by atoms with Gasteiger partial charge >= 0.3 is 0 Å². The fourth-order valence-corrected chi connectivity index (χ4v) is 2.76. The van der Waals surface area contributed by atoms with Crippen molar-refractivity contribution in [1.29, 1.82) is 0 Å². The van der Waals surface area contributed by atoms with Crippen molar-refractivity contribution in [1.82, 2.24) is 0 Å². The molecule has 19 heavy (non-hydrogen) atoms. The summed E-state index contributed by atoms with van der Waals surface area (Å²) in [7, 11) is 0. The Morgan fingerprint density at radius 2 is 2.26 bits per heavy atom. The fraction of sp³-hybridized carbons (Fsp3) is 0.538. The Hall–Kier alpha value is -1.36. The van der Waals surface area contributed by atoms with E-state index in [1.807, 2.05) is 0 Å². The van der Waals surface area contributed by atoms with Gasteiger partial charge in [0.25, 0.3) is 5.69 Å². The van der Waals surface area contributed by atoms with Crippen LogP contribution in [0, 0.1) is 27.8 Å². The molecule has 104 valence electrons. The third-order valence-electron chi connectivity index (χ3n) is 3.62. The number of nitro groups is 1. The van der Waals surface area contributed by atoms with Crippen molar-refractivity contribution in [2.75, 3.05) is 11.9 Å². The molecule has 1 aromatic rings. The third-order valence-corrected chi connectivity index (χ3v) is 3.91. The highest BCUT2D eigenvalue weighted by atomic mass is 35.5. The lowest BCUT2D eigenvalue weighted by molar-refractivity contribution is -0.384. The molecule has 0 bridgehead atoms. The topological polar surface area (TPSA) is 55.2 Å². The number of benzene rings is 1. The number of rotatable bonds is 4. The first-order valence-electron chi connectivity index (χ1n) is 6.34. The van der Waals surface area contributed by atoms with Gasteiger partial charge in [0.1, 0.15) is 11.5 Å². The standard InChI is InChI=1S/C13H16ClFN2O2/c1-8-2-3-9(4-8)7-16-12-5-10(14)11(15)6-13(12)17(18)19/h5-6,8-9,16H,2-4,7H2,1H3. The summed E-state index contributed by atoms with van der Waals surface area (Å²) < 4.78 is 13.2. The number of hydrogen-bond acceptors (Lipinski definition) is 3. The Labute approximate surface area is 116 Å². The summed E-state index contributed by atoms with van der Waals surface area (Å²) >= 11 is 5.67. The monoisotopic (exact) mass is 286 g/mol. The summed E-state index contributed by atoms with van der Waals surface area (Å²) in [4.78, 5) is 10.3. The van der Waals surface area contributed by atoms with E-state index in [-0.39, 0.29) is 16.4 Å². The third kappa shape index (κ3) is 3.35. The number of hydrogen-bond donors (Lipinski definition) is 1. The average Bonchev–Trinajstić information content (AvgIpc) is 2.76. The van der Waals surface area contributed by atoms with E-state index < -0.39 is 10.7 Å². The van der Waals surface area contributed by atoms with Gasteiger partial charge in [-0.3, -0.25) is 10.1 Å². The fourth-order valence-electron chi connectivity index (χ4n) is 2.59. The lowest BCUT2D eigenvalue weighted by Crippen LogP contribution is -2.12. The Balaban J connectivity index is 2.10. The molecule has 0 heterocycles. The van der Waals surface area contributed by atoms with E-state index in [9.17, 15) is 14.5 Å². The molecule has 2 unspecified atom stereocenters. The van der Waals surface area contributed by atoms with E-state index in [2.05, 4.69) is 12.2 Å². The number of nitrogens with zero attached hydrogens (tertiary/aromatic N) is 1. The van der Waals surface area contributed by atoms with Crippen LogP contribution in [0.1, 0.15) is 26.2 Å². The van der Waals surface area contributed by atoms with Crippen LogP contribution in [-0.4, -0.2) is 11.5 Å². The molecule has 0 aromatic heterocycles. The first kappa shape index (κ1) is 14.1. The van der Waals surface area contributed by atoms with Crippen molar-refractivity contribution in [3.8, 4) is 0 Å². The van der Waals surface area contributed by atoms with Crippen LogP contribution in [0.15, 0.2) is 12.1 Å². The van der Waals surface area contributed by atoms with E-state index in [0.29, 0.717) is 18.4 Å². The average molecular weight is 287 g/mol. The Morgan fingerprint density at radius 3 is 2.84 bits per heavy atom. The maximum atomic E-state index is 13.2. The number of anilines is 1. The predicted octanol–water partition coefficient (Wildman–Crippen LogP) is 4.24. The van der Waals surface area contributed by atoms with Crippen molar-refractivity contribution < 1.29 is 9.31 Å². The maximum Gasteiger partial charge on any atom is 0.295 e. The van der Waals surface area contributed by atoms with Crippen molar-refractivity contribution in [3.05, 3.63) is 33.1 Å². The lowest BCUT2D eigenvalue weighted by atomic mass is 10.1. The minimum absolute atomic E-state index is 0.104. The summed E-state index contributed by atoms with van der Waals surface area (Å²) in [6, 6.07) is 2.15. The van der Waals surface area contributed by atoms with E-state index in [0.717, 1.165) is 18.9 Å². The normalized spacial score (nSPS) is 22.5. The van der Waals surface area contributed by atoms with E-state index >= 15 is 0 Å². The molecule has 2 rings (SSSR count). The first-order valence-corrected chi connectivity index (χ1v) is 6.72. The van der Waals surface area contributed by atoms with Gasteiger partial charge in [-0.05, 0) is 30.7 Å². The molecular weight excluding hydrogens is 271 g/mol. The molecule has 1 N–H and O–H groups in total. The molecule has 4 nitrogen and oxygen atoms in total. The molecular formula is C13H16ClFN2O2. The van der Waals surface area contributed by atoms with Gasteiger partial charge in [0.15, 0.2) is 0 Å². The molecule has 1 aliphatic rings. The summed E-state index contributed by atoms with van der Waals surface area (Å²) in [5, 5.41) is 13.8. The Morgan fingerprint density at radius 1 is 1.53 bits per heavy atom. The van der Waals surface area contributed by atoms with Crippen molar-refractivity contribution >= 4 is 23.0 Å². The van der Waals surface area contributed by atoms with Crippen LogP contribution < -0.4 is 5.32 Å². The predicted molar refractivity (Wildman–Crippen MR) is 73.1 cm³/mol. The minimum Gasteiger partial charge on any atom is -0.379 e. The lowest BCUT2D eigenvalue weighted by Gasteiger charge is -2.13. The van der Waals surface area contributed by atoms with Crippen LogP contribution in [0.4, 0.5) is 15.8 Å². The van der Waals surface area contributed by atoms with Crippen LogP contribution >= 0.6 is 11.6 Å². The molecule has 0 spiro atoms. The first-order chi connectivity index (χ1) is 8.97. The second-order valence-corrected chi connectivity index (χ2v) is 5.61. The zero-order chi connectivity index (χ0) is 14.0. The van der Waals surface area contributed by atoms with Crippen LogP contribution in [-0.2, 0) is 0 Å². The van der Waals surface area contributed by atoms with Crippen LogP contribution in [0.25, 0.3) is 0 Å². The van der Waals surface area contributed by atoms with E-state index in [1.165, 1.54) is 12.5 Å². The molecule has 1 fully saturated rings. The quantitative estimate of drug-likeness (QED) is 0.665. The van der Waals surface area contributed by atoms with Gasteiger partial charge in [-0.25, -0.2) is 4.39 Å². The second-order valence-electron chi connectivity index (χ2n) is 5.21. The Bertz CT molecular complexity index is 496. The van der Waals surface area contributed by atoms with Crippen molar-refractivity contribution in [3.63, 3.8) is 0 Å². The molecule has 1 saturated carbocycles. The highest BCUT2D eigenvalue weighted by Crippen LogP contribution is 2.33. The van der Waals surface area contributed by atoms with Gasteiger partial charge in [0.05, 0.1) is 16.0 Å². The molecule has 0 amide bonds. The van der Waals surface area contributed by atoms with E-state index in [1.54, 1.807) is 0 Å². The van der Waals surface area contributed by atoms with Gasteiger partial charge in [0, 0.05) is 6.54 Å². The molecule has 1 aromatic carbocycles. The SMILES string of the molecule is CC1CCC(CNc2cc(Cl)c(F)cc2[N+](=O)[O-])C1. The van der Waals surface area contributed by atoms with Crippen molar-refractivity contribution in [2.45, 2.75) is 26.2 Å². The number of nitro benzene ring substituents is 1. The molecule has 1 aliphatic carbocycles. The minimum atomic E-state index is -0.770. The molecule has 6 heteroatoms. The van der Waals surface area contributed by atoms with Crippen molar-refractivity contribution in [2.24, 2.45) is 11.8 Å². The van der Waals surface area contributed by atoms with Gasteiger partial charge < -0.3 is 5.32 Å². The summed E-state index contributed by atoms with van der Waals surface area (Å²) in [6.07, 6.45) is 3.44. The second kappa shape index (κ2) is 5.74. The Kier molecular flexibility index (Phi) is 4.24. The highest BCUT2D eigenvalue weighted by Gasteiger charge is 2.23. The number of nitrogens with one attached hydrogen (secondary N) is 1. The largest absolute Gasteiger partial charge is 0.379 e. The van der Waals surface area contributed by atoms with Crippen LogP contribution in [0.3, 0.4) is 0 Å². The van der Waals surface area contributed by atoms with Gasteiger partial charge in [-0.1, -0.05) is 24.9 Å². The smallest absolute Gasteiger partial charge is 0.295 e. The summed E-state index contributed by atoms with van der Waals surface area (Å²) in [5.74, 6) is 0.449. The number of halogens is 2. The van der Waals surface area contributed by atoms with Gasteiger partial charge in [0.2, 0.25) is 0 Å². The van der Waals surface area contributed by atoms with Gasteiger partial charge in [-0.15, -0.1) is 0 Å². The molecule has 0 saturated heterocycles. The van der Waals surface area contributed by atoms with Gasteiger partial charge in [-0.2, -0.15) is 0 Å². The summed E-state index contributed by atoms with van der Waals surface area (Å²) in [5.41, 5.74) is 0.0175. The molecule has 2 atom stereocenters.